The van der Waals surface area contributed by atoms with Crippen molar-refractivity contribution in [2.75, 3.05) is 0 Å². The quantitative estimate of drug-likeness (QED) is 0.224. The molecule has 3 nitrogen and oxygen atoms in total. The smallest absolute Gasteiger partial charge is 0.0783 e. The number of aromatic nitrogens is 3. The van der Waals surface area contributed by atoms with Crippen LogP contribution in [0.1, 0.15) is 5.56 Å². The second kappa shape index (κ2) is 10.6. The minimum atomic E-state index is 1.02. The molecule has 0 radical (unpaired) electrons. The Morgan fingerprint density at radius 2 is 1.02 bits per heavy atom. The average molecular weight is 526 g/mol. The van der Waals surface area contributed by atoms with E-state index in [9.17, 15) is 0 Å². The number of benzene rings is 4. The number of nitrogens with zero attached hydrogens (tertiary/aromatic N) is 3. The minimum Gasteiger partial charge on any atom is -0.264 e. The summed E-state index contributed by atoms with van der Waals surface area (Å²) in [5, 5.41) is 2.36. The topological polar surface area (TPSA) is 38.7 Å². The van der Waals surface area contributed by atoms with Crippen LogP contribution in [0.4, 0.5) is 0 Å². The first-order valence-electron chi connectivity index (χ1n) is 13.7. The molecule has 3 heteroatoms. The van der Waals surface area contributed by atoms with Crippen LogP contribution in [0, 0.1) is 6.92 Å². The van der Waals surface area contributed by atoms with Gasteiger partial charge in [0.05, 0.1) is 5.69 Å². The average Bonchev–Trinajstić information content (AvgIpc) is 3.05. The Labute approximate surface area is 239 Å². The fourth-order valence-corrected chi connectivity index (χ4v) is 5.46. The highest BCUT2D eigenvalue weighted by molar-refractivity contribution is 5.96. The van der Waals surface area contributed by atoms with Crippen molar-refractivity contribution in [2.24, 2.45) is 0 Å². The maximum Gasteiger partial charge on any atom is 0.0783 e. The van der Waals surface area contributed by atoms with Gasteiger partial charge >= 0.3 is 0 Å². The lowest BCUT2D eigenvalue weighted by atomic mass is 9.91. The molecule has 0 atom stereocenters. The van der Waals surface area contributed by atoms with E-state index in [-0.39, 0.29) is 0 Å². The summed E-state index contributed by atoms with van der Waals surface area (Å²) in [4.78, 5) is 13.5. The summed E-state index contributed by atoms with van der Waals surface area (Å²) in [5.41, 5.74) is 12.4. The van der Waals surface area contributed by atoms with E-state index in [2.05, 4.69) is 120 Å². The minimum absolute atomic E-state index is 1.02. The lowest BCUT2D eigenvalue weighted by Gasteiger charge is -2.13. The number of hydrogen-bond donors (Lipinski definition) is 0. The number of hydrogen-bond acceptors (Lipinski definition) is 3. The predicted molar refractivity (Wildman–Crippen MR) is 169 cm³/mol. The van der Waals surface area contributed by atoms with E-state index in [0.29, 0.717) is 0 Å². The van der Waals surface area contributed by atoms with E-state index in [4.69, 9.17) is 4.98 Å². The predicted octanol–water partition coefficient (Wildman–Crippen LogP) is 9.67. The van der Waals surface area contributed by atoms with Crippen molar-refractivity contribution in [1.82, 2.24) is 15.0 Å². The molecule has 0 aliphatic heterocycles. The largest absolute Gasteiger partial charge is 0.264 e. The molecule has 0 aliphatic rings. The van der Waals surface area contributed by atoms with Crippen LogP contribution in [0.3, 0.4) is 0 Å². The Bertz CT molecular complexity index is 1930. The SMILES string of the molecule is Cc1ccc(-c2cccc(-c3cc(-c4cccnc4)cc(-c4cccnc4)c3)c2)cc1-c1nccc2ccccc12. The molecular formula is C38H27N3. The Morgan fingerprint density at radius 1 is 0.439 bits per heavy atom. The van der Waals surface area contributed by atoms with Crippen molar-refractivity contribution in [1.29, 1.82) is 0 Å². The van der Waals surface area contributed by atoms with E-state index in [1.54, 1.807) is 0 Å². The summed E-state index contributed by atoms with van der Waals surface area (Å²) in [6, 6.07) is 40.8. The van der Waals surface area contributed by atoms with Crippen LogP contribution < -0.4 is 0 Å². The summed E-state index contributed by atoms with van der Waals surface area (Å²) in [6.45, 7) is 2.16. The number of fused-ring (bicyclic) bond motifs is 1. The summed E-state index contributed by atoms with van der Waals surface area (Å²) in [5.74, 6) is 0. The van der Waals surface area contributed by atoms with Crippen molar-refractivity contribution in [3.8, 4) is 55.8 Å². The fraction of sp³-hybridized carbons (Fsp3) is 0.0263. The van der Waals surface area contributed by atoms with E-state index in [0.717, 1.165) is 50.2 Å². The van der Waals surface area contributed by atoms with Gasteiger partial charge in [-0.3, -0.25) is 15.0 Å². The van der Waals surface area contributed by atoms with Crippen LogP contribution in [0.15, 0.2) is 146 Å². The van der Waals surface area contributed by atoms with Gasteiger partial charge in [-0.25, -0.2) is 0 Å². The third-order valence-electron chi connectivity index (χ3n) is 7.62. The van der Waals surface area contributed by atoms with Crippen molar-refractivity contribution in [3.05, 3.63) is 152 Å². The zero-order chi connectivity index (χ0) is 27.6. The third-order valence-corrected chi connectivity index (χ3v) is 7.62. The Balaban J connectivity index is 1.34. The van der Waals surface area contributed by atoms with Gasteiger partial charge in [-0.2, -0.15) is 0 Å². The monoisotopic (exact) mass is 525 g/mol. The highest BCUT2D eigenvalue weighted by Gasteiger charge is 2.12. The molecule has 194 valence electrons. The Hall–Kier alpha value is -5.41. The number of aryl methyl sites for hydroxylation is 1. The molecule has 7 aromatic rings. The lowest BCUT2D eigenvalue weighted by Crippen LogP contribution is -1.91. The van der Waals surface area contributed by atoms with Gasteiger partial charge in [0.15, 0.2) is 0 Å². The molecule has 0 N–H and O–H groups in total. The summed E-state index contributed by atoms with van der Waals surface area (Å²) >= 11 is 0. The van der Waals surface area contributed by atoms with Crippen LogP contribution in [0.5, 0.6) is 0 Å². The highest BCUT2D eigenvalue weighted by Crippen LogP contribution is 2.36. The third kappa shape index (κ3) is 4.90. The first-order chi connectivity index (χ1) is 20.2. The highest BCUT2D eigenvalue weighted by atomic mass is 14.7. The van der Waals surface area contributed by atoms with E-state index in [1.165, 1.54) is 21.9 Å². The molecule has 3 heterocycles. The van der Waals surface area contributed by atoms with Crippen LogP contribution >= 0.6 is 0 Å². The fourth-order valence-electron chi connectivity index (χ4n) is 5.46. The van der Waals surface area contributed by atoms with Crippen molar-refractivity contribution in [3.63, 3.8) is 0 Å². The van der Waals surface area contributed by atoms with Gasteiger partial charge in [-0.05, 0) is 99.8 Å². The van der Waals surface area contributed by atoms with Gasteiger partial charge in [0.1, 0.15) is 0 Å². The molecule has 0 bridgehead atoms. The first kappa shape index (κ1) is 24.6. The molecule has 4 aromatic carbocycles. The molecule has 41 heavy (non-hydrogen) atoms. The first-order valence-corrected chi connectivity index (χ1v) is 13.7. The zero-order valence-electron chi connectivity index (χ0n) is 22.7. The molecule has 0 spiro atoms. The summed E-state index contributed by atoms with van der Waals surface area (Å²) in [7, 11) is 0. The van der Waals surface area contributed by atoms with Crippen molar-refractivity contribution < 1.29 is 0 Å². The molecule has 0 fully saturated rings. The lowest BCUT2D eigenvalue weighted by molar-refractivity contribution is 1.32. The van der Waals surface area contributed by atoms with Crippen LogP contribution in [0.25, 0.3) is 66.5 Å². The molecule has 0 saturated carbocycles. The van der Waals surface area contributed by atoms with E-state index < -0.39 is 0 Å². The number of pyridine rings is 3. The second-order valence-electron chi connectivity index (χ2n) is 10.3. The van der Waals surface area contributed by atoms with E-state index in [1.807, 2.05) is 43.1 Å². The molecule has 0 aliphatic carbocycles. The number of rotatable bonds is 5. The van der Waals surface area contributed by atoms with Crippen LogP contribution in [0.2, 0.25) is 0 Å². The van der Waals surface area contributed by atoms with Gasteiger partial charge in [0, 0.05) is 53.1 Å². The maximum absolute atomic E-state index is 4.80. The van der Waals surface area contributed by atoms with Crippen LogP contribution in [-0.2, 0) is 0 Å². The molecule has 0 saturated heterocycles. The Morgan fingerprint density at radius 3 is 1.71 bits per heavy atom. The normalized spacial score (nSPS) is 11.0. The maximum atomic E-state index is 4.80. The standard InChI is InChI=1S/C38H27N3/c1-26-13-14-30(23-37(26)38-36-12-3-2-7-27(36)15-18-41-38)28-8-4-9-29(19-28)33-20-34(31-10-5-16-39-24-31)22-35(21-33)32-11-6-17-40-25-32/h2-25H,1H3. The van der Waals surface area contributed by atoms with Gasteiger partial charge < -0.3 is 0 Å². The molecule has 7 rings (SSSR count). The van der Waals surface area contributed by atoms with E-state index >= 15 is 0 Å². The van der Waals surface area contributed by atoms with Crippen molar-refractivity contribution >= 4 is 10.8 Å². The molecule has 3 aromatic heterocycles. The zero-order valence-corrected chi connectivity index (χ0v) is 22.7. The molecule has 0 amide bonds. The second-order valence-corrected chi connectivity index (χ2v) is 10.3. The van der Waals surface area contributed by atoms with Gasteiger partial charge in [-0.15, -0.1) is 0 Å². The Kier molecular flexibility index (Phi) is 6.38. The van der Waals surface area contributed by atoms with Gasteiger partial charge in [0.2, 0.25) is 0 Å². The van der Waals surface area contributed by atoms with Crippen molar-refractivity contribution in [2.45, 2.75) is 6.92 Å². The van der Waals surface area contributed by atoms with Gasteiger partial charge in [-0.1, -0.05) is 66.7 Å². The summed E-state index contributed by atoms with van der Waals surface area (Å²) < 4.78 is 0. The molecular weight excluding hydrogens is 498 g/mol. The van der Waals surface area contributed by atoms with Crippen LogP contribution in [-0.4, -0.2) is 15.0 Å². The summed E-state index contributed by atoms with van der Waals surface area (Å²) in [6.07, 6.45) is 9.35. The molecule has 0 unspecified atom stereocenters. The van der Waals surface area contributed by atoms with Gasteiger partial charge in [0.25, 0.3) is 0 Å².